The molecule has 9 nitrogen and oxygen atoms in total. The molecule has 0 aliphatic rings. The Labute approximate surface area is 136 Å². The van der Waals surface area contributed by atoms with Crippen LogP contribution in [0.2, 0.25) is 0 Å². The Morgan fingerprint density at radius 2 is 1.75 bits per heavy atom. The third-order valence-corrected chi connectivity index (χ3v) is 3.43. The summed E-state index contributed by atoms with van der Waals surface area (Å²) < 4.78 is 0. The SMILES string of the molecule is Cc1ccc(C)c(Nc2c(C(N)=O)cc([N+](=O)[O-])cc2[N+](=O)[O-])c1. The lowest BCUT2D eigenvalue weighted by atomic mass is 10.1. The molecule has 0 bridgehead atoms. The smallest absolute Gasteiger partial charge is 0.300 e. The fourth-order valence-corrected chi connectivity index (χ4v) is 2.19. The highest BCUT2D eigenvalue weighted by Gasteiger charge is 2.27. The Morgan fingerprint density at radius 3 is 2.29 bits per heavy atom. The number of amides is 1. The molecule has 0 radical (unpaired) electrons. The standard InChI is InChI=1S/C15H14N4O5/c1-8-3-4-9(2)12(5-8)17-14-11(15(16)20)6-10(18(21)22)7-13(14)19(23)24/h3-7,17H,1-2H3,(H2,16,20). The van der Waals surface area contributed by atoms with Crippen LogP contribution in [0.15, 0.2) is 30.3 Å². The van der Waals surface area contributed by atoms with Gasteiger partial charge in [-0.15, -0.1) is 0 Å². The number of anilines is 2. The summed E-state index contributed by atoms with van der Waals surface area (Å²) in [5.41, 5.74) is 5.79. The lowest BCUT2D eigenvalue weighted by Crippen LogP contribution is -2.15. The van der Waals surface area contributed by atoms with E-state index >= 15 is 0 Å². The van der Waals surface area contributed by atoms with Crippen LogP contribution in [0.3, 0.4) is 0 Å². The van der Waals surface area contributed by atoms with Crippen molar-refractivity contribution in [2.24, 2.45) is 5.73 Å². The number of non-ortho nitro benzene ring substituents is 1. The number of carbonyl (C=O) groups is 1. The van der Waals surface area contributed by atoms with Crippen molar-refractivity contribution < 1.29 is 14.6 Å². The summed E-state index contributed by atoms with van der Waals surface area (Å²) in [4.78, 5) is 32.3. The second kappa shape index (κ2) is 6.32. The van der Waals surface area contributed by atoms with Crippen molar-refractivity contribution in [1.29, 1.82) is 0 Å². The first-order valence-corrected chi connectivity index (χ1v) is 6.81. The molecule has 0 spiro atoms. The fourth-order valence-electron chi connectivity index (χ4n) is 2.19. The third kappa shape index (κ3) is 3.29. The topological polar surface area (TPSA) is 141 Å². The molecule has 0 aliphatic heterocycles. The zero-order valence-electron chi connectivity index (χ0n) is 12.9. The summed E-state index contributed by atoms with van der Waals surface area (Å²) in [6, 6.07) is 7.12. The molecule has 24 heavy (non-hydrogen) atoms. The van der Waals surface area contributed by atoms with E-state index in [2.05, 4.69) is 5.32 Å². The number of nitro groups is 2. The van der Waals surface area contributed by atoms with Crippen molar-refractivity contribution in [3.63, 3.8) is 0 Å². The molecule has 0 saturated carbocycles. The number of rotatable bonds is 5. The first kappa shape index (κ1) is 16.9. The van der Waals surface area contributed by atoms with Gasteiger partial charge in [0.2, 0.25) is 0 Å². The van der Waals surface area contributed by atoms with Gasteiger partial charge in [0, 0.05) is 11.8 Å². The summed E-state index contributed by atoms with van der Waals surface area (Å²) in [5.74, 6) is -1.00. The summed E-state index contributed by atoms with van der Waals surface area (Å²) in [6.07, 6.45) is 0. The minimum absolute atomic E-state index is 0.174. The van der Waals surface area contributed by atoms with E-state index in [1.165, 1.54) is 0 Å². The fraction of sp³-hybridized carbons (Fsp3) is 0.133. The average Bonchev–Trinajstić information content (AvgIpc) is 2.50. The van der Waals surface area contributed by atoms with Gasteiger partial charge in [0.05, 0.1) is 21.5 Å². The second-order valence-corrected chi connectivity index (χ2v) is 5.21. The van der Waals surface area contributed by atoms with Crippen LogP contribution in [0.1, 0.15) is 21.5 Å². The molecule has 0 fully saturated rings. The minimum Gasteiger partial charge on any atom is -0.366 e. The number of nitrogens with zero attached hydrogens (tertiary/aromatic N) is 2. The Balaban J connectivity index is 2.70. The van der Waals surface area contributed by atoms with Crippen LogP contribution >= 0.6 is 0 Å². The Hall–Kier alpha value is -3.49. The van der Waals surface area contributed by atoms with E-state index in [4.69, 9.17) is 5.73 Å². The normalized spacial score (nSPS) is 10.2. The highest BCUT2D eigenvalue weighted by Crippen LogP contribution is 2.36. The van der Waals surface area contributed by atoms with Crippen LogP contribution in [0.4, 0.5) is 22.7 Å². The van der Waals surface area contributed by atoms with Crippen LogP contribution in [0, 0.1) is 34.1 Å². The molecule has 3 N–H and O–H groups in total. The molecule has 2 aromatic carbocycles. The van der Waals surface area contributed by atoms with Gasteiger partial charge in [-0.3, -0.25) is 25.0 Å². The van der Waals surface area contributed by atoms with Crippen molar-refractivity contribution in [3.05, 3.63) is 67.3 Å². The zero-order chi connectivity index (χ0) is 18.0. The van der Waals surface area contributed by atoms with Crippen molar-refractivity contribution in [2.45, 2.75) is 13.8 Å². The first-order valence-electron chi connectivity index (χ1n) is 6.81. The molecular formula is C15H14N4O5. The summed E-state index contributed by atoms with van der Waals surface area (Å²) in [7, 11) is 0. The predicted molar refractivity (Wildman–Crippen MR) is 87.5 cm³/mol. The maximum absolute atomic E-state index is 11.7. The Morgan fingerprint density at radius 1 is 1.08 bits per heavy atom. The molecular weight excluding hydrogens is 316 g/mol. The van der Waals surface area contributed by atoms with E-state index in [1.807, 2.05) is 13.0 Å². The minimum atomic E-state index is -1.00. The van der Waals surface area contributed by atoms with E-state index in [9.17, 15) is 25.0 Å². The van der Waals surface area contributed by atoms with Gasteiger partial charge in [-0.25, -0.2) is 0 Å². The number of aryl methyl sites for hydroxylation is 2. The molecule has 2 aromatic rings. The quantitative estimate of drug-likeness (QED) is 0.637. The summed E-state index contributed by atoms with van der Waals surface area (Å²) in [6.45, 7) is 3.62. The number of nitrogens with two attached hydrogens (primary N) is 1. The molecule has 124 valence electrons. The number of carbonyl (C=O) groups excluding carboxylic acids is 1. The second-order valence-electron chi connectivity index (χ2n) is 5.21. The molecule has 0 aromatic heterocycles. The van der Waals surface area contributed by atoms with Crippen molar-refractivity contribution in [1.82, 2.24) is 0 Å². The Bertz CT molecular complexity index is 828. The lowest BCUT2D eigenvalue weighted by Gasteiger charge is -2.13. The number of hydrogen-bond donors (Lipinski definition) is 2. The zero-order valence-corrected chi connectivity index (χ0v) is 12.9. The molecule has 0 saturated heterocycles. The third-order valence-electron chi connectivity index (χ3n) is 3.43. The van der Waals surface area contributed by atoms with Gasteiger partial charge in [-0.2, -0.15) is 0 Å². The molecule has 0 aliphatic carbocycles. The van der Waals surface area contributed by atoms with Gasteiger partial charge in [0.25, 0.3) is 17.3 Å². The van der Waals surface area contributed by atoms with Crippen LogP contribution in [-0.2, 0) is 0 Å². The van der Waals surface area contributed by atoms with Crippen LogP contribution < -0.4 is 11.1 Å². The summed E-state index contributed by atoms with van der Waals surface area (Å²) >= 11 is 0. The number of nitrogens with one attached hydrogen (secondary N) is 1. The lowest BCUT2D eigenvalue weighted by molar-refractivity contribution is -0.393. The summed E-state index contributed by atoms with van der Waals surface area (Å²) in [5, 5.41) is 25.0. The molecule has 0 unspecified atom stereocenters. The largest absolute Gasteiger partial charge is 0.366 e. The van der Waals surface area contributed by atoms with Gasteiger partial charge in [0.1, 0.15) is 5.69 Å². The highest BCUT2D eigenvalue weighted by atomic mass is 16.6. The van der Waals surface area contributed by atoms with Gasteiger partial charge in [-0.1, -0.05) is 12.1 Å². The monoisotopic (exact) mass is 330 g/mol. The van der Waals surface area contributed by atoms with E-state index in [-0.39, 0.29) is 11.3 Å². The van der Waals surface area contributed by atoms with E-state index in [1.54, 1.807) is 19.1 Å². The molecule has 9 heteroatoms. The van der Waals surface area contributed by atoms with E-state index in [0.717, 1.165) is 23.3 Å². The van der Waals surface area contributed by atoms with Gasteiger partial charge < -0.3 is 11.1 Å². The van der Waals surface area contributed by atoms with Crippen LogP contribution in [-0.4, -0.2) is 15.8 Å². The van der Waals surface area contributed by atoms with Crippen molar-refractivity contribution in [3.8, 4) is 0 Å². The van der Waals surface area contributed by atoms with Gasteiger partial charge in [0.15, 0.2) is 0 Å². The Kier molecular flexibility index (Phi) is 4.45. The van der Waals surface area contributed by atoms with Gasteiger partial charge in [-0.05, 0) is 31.0 Å². The molecule has 1 amide bonds. The number of primary amides is 1. The predicted octanol–water partition coefficient (Wildman–Crippen LogP) is 2.96. The number of hydrogen-bond acceptors (Lipinski definition) is 6. The highest BCUT2D eigenvalue weighted by molar-refractivity contribution is 6.02. The molecule has 0 atom stereocenters. The average molecular weight is 330 g/mol. The van der Waals surface area contributed by atoms with Gasteiger partial charge >= 0.3 is 0 Å². The maximum Gasteiger partial charge on any atom is 0.300 e. The number of nitro benzene ring substituents is 2. The van der Waals surface area contributed by atoms with Crippen molar-refractivity contribution in [2.75, 3.05) is 5.32 Å². The first-order chi connectivity index (χ1) is 11.2. The van der Waals surface area contributed by atoms with Crippen molar-refractivity contribution >= 4 is 28.7 Å². The maximum atomic E-state index is 11.7. The van der Waals surface area contributed by atoms with E-state index in [0.29, 0.717) is 5.69 Å². The van der Waals surface area contributed by atoms with Crippen LogP contribution in [0.5, 0.6) is 0 Å². The molecule has 0 heterocycles. The van der Waals surface area contributed by atoms with Crippen LogP contribution in [0.25, 0.3) is 0 Å². The molecule has 2 rings (SSSR count). The van der Waals surface area contributed by atoms with E-state index < -0.39 is 27.1 Å². The number of benzene rings is 2.